The molecule has 2 aromatic heterocycles. The first-order valence-electron chi connectivity index (χ1n) is 8.98. The van der Waals surface area contributed by atoms with Crippen molar-refractivity contribution in [3.8, 4) is 0 Å². The number of halogens is 3. The highest BCUT2D eigenvalue weighted by Gasteiger charge is 2.32. The van der Waals surface area contributed by atoms with E-state index in [9.17, 15) is 18.0 Å². The standard InChI is InChI=1S/C18H22F3N5O/c1-2-22-17(27)24-11-12-6-9-26(10-7-12)16-13-3-4-15(18(19,20)21)25-14(13)5-8-23-16/h3-5,8,12H,2,6-7,9-11H2,1H3,(H2,22,24,27). The van der Waals surface area contributed by atoms with Gasteiger partial charge in [0.25, 0.3) is 0 Å². The van der Waals surface area contributed by atoms with Crippen LogP contribution in [0.1, 0.15) is 25.5 Å². The van der Waals surface area contributed by atoms with Crippen molar-refractivity contribution < 1.29 is 18.0 Å². The molecule has 0 radical (unpaired) electrons. The Kier molecular flexibility index (Phi) is 5.67. The van der Waals surface area contributed by atoms with E-state index < -0.39 is 11.9 Å². The number of anilines is 1. The van der Waals surface area contributed by atoms with Gasteiger partial charge in [0.2, 0.25) is 0 Å². The maximum Gasteiger partial charge on any atom is 0.433 e. The molecule has 6 nitrogen and oxygen atoms in total. The van der Waals surface area contributed by atoms with Gasteiger partial charge in [-0.05, 0) is 43.9 Å². The van der Waals surface area contributed by atoms with Gasteiger partial charge in [-0.15, -0.1) is 0 Å². The summed E-state index contributed by atoms with van der Waals surface area (Å²) in [5.41, 5.74) is -0.614. The topological polar surface area (TPSA) is 70.2 Å². The van der Waals surface area contributed by atoms with E-state index in [0.717, 1.165) is 32.0 Å². The van der Waals surface area contributed by atoms with Crippen LogP contribution in [0.3, 0.4) is 0 Å². The normalized spacial score (nSPS) is 15.8. The van der Waals surface area contributed by atoms with E-state index in [4.69, 9.17) is 0 Å². The molecule has 2 amide bonds. The van der Waals surface area contributed by atoms with Crippen molar-refractivity contribution >= 4 is 22.8 Å². The van der Waals surface area contributed by atoms with Crippen LogP contribution in [0.4, 0.5) is 23.8 Å². The number of urea groups is 1. The number of hydrogen-bond donors (Lipinski definition) is 2. The van der Waals surface area contributed by atoms with E-state index in [1.54, 1.807) is 0 Å². The first-order chi connectivity index (χ1) is 12.9. The Morgan fingerprint density at radius 3 is 2.63 bits per heavy atom. The first kappa shape index (κ1) is 19.2. The monoisotopic (exact) mass is 381 g/mol. The Hall–Kier alpha value is -2.58. The Morgan fingerprint density at radius 1 is 1.22 bits per heavy atom. The molecule has 1 saturated heterocycles. The molecule has 1 aliphatic rings. The molecule has 2 aromatic rings. The quantitative estimate of drug-likeness (QED) is 0.854. The smallest absolute Gasteiger partial charge is 0.356 e. The third-order valence-electron chi connectivity index (χ3n) is 4.69. The van der Waals surface area contributed by atoms with Crippen molar-refractivity contribution in [3.63, 3.8) is 0 Å². The minimum Gasteiger partial charge on any atom is -0.356 e. The summed E-state index contributed by atoms with van der Waals surface area (Å²) in [7, 11) is 0. The van der Waals surface area contributed by atoms with Crippen LogP contribution in [0, 0.1) is 5.92 Å². The minimum atomic E-state index is -4.47. The van der Waals surface area contributed by atoms with Crippen molar-refractivity contribution in [2.45, 2.75) is 25.9 Å². The molecule has 9 heteroatoms. The SMILES string of the molecule is CCNC(=O)NCC1CCN(c2nccc3nc(C(F)(F)F)ccc23)CC1. The lowest BCUT2D eigenvalue weighted by atomic mass is 9.96. The predicted molar refractivity (Wildman–Crippen MR) is 96.6 cm³/mol. The molecule has 146 valence electrons. The van der Waals surface area contributed by atoms with Gasteiger partial charge in [0.05, 0.1) is 5.52 Å². The van der Waals surface area contributed by atoms with Gasteiger partial charge in [-0.1, -0.05) is 0 Å². The number of nitrogens with one attached hydrogen (secondary N) is 2. The minimum absolute atomic E-state index is 0.165. The van der Waals surface area contributed by atoms with E-state index in [1.807, 2.05) is 6.92 Å². The van der Waals surface area contributed by atoms with Crippen molar-refractivity contribution in [3.05, 3.63) is 30.1 Å². The molecule has 0 spiro atoms. The lowest BCUT2D eigenvalue weighted by Gasteiger charge is -2.33. The molecular formula is C18H22F3N5O. The van der Waals surface area contributed by atoms with Crippen molar-refractivity contribution in [1.82, 2.24) is 20.6 Å². The van der Waals surface area contributed by atoms with Gasteiger partial charge in [-0.3, -0.25) is 0 Å². The van der Waals surface area contributed by atoms with E-state index in [-0.39, 0.29) is 11.5 Å². The van der Waals surface area contributed by atoms with Gasteiger partial charge in [0.15, 0.2) is 0 Å². The summed E-state index contributed by atoms with van der Waals surface area (Å²) in [6.07, 6.45) is -1.22. The van der Waals surface area contributed by atoms with Gasteiger partial charge in [0.1, 0.15) is 11.5 Å². The molecule has 2 N–H and O–H groups in total. The number of aromatic nitrogens is 2. The number of piperidine rings is 1. The summed E-state index contributed by atoms with van der Waals surface area (Å²) >= 11 is 0. The molecule has 0 unspecified atom stereocenters. The molecule has 0 bridgehead atoms. The van der Waals surface area contributed by atoms with Crippen molar-refractivity contribution in [2.75, 3.05) is 31.1 Å². The zero-order chi connectivity index (χ0) is 19.4. The number of hydrogen-bond acceptors (Lipinski definition) is 4. The highest BCUT2D eigenvalue weighted by atomic mass is 19.4. The van der Waals surface area contributed by atoms with Crippen LogP contribution < -0.4 is 15.5 Å². The lowest BCUT2D eigenvalue weighted by molar-refractivity contribution is -0.140. The summed E-state index contributed by atoms with van der Waals surface area (Å²) in [5.74, 6) is 1.03. The number of amides is 2. The van der Waals surface area contributed by atoms with E-state index >= 15 is 0 Å². The van der Waals surface area contributed by atoms with Crippen LogP contribution >= 0.6 is 0 Å². The van der Waals surface area contributed by atoms with Crippen molar-refractivity contribution in [2.24, 2.45) is 5.92 Å². The molecule has 3 rings (SSSR count). The average Bonchev–Trinajstić information content (AvgIpc) is 2.65. The third kappa shape index (κ3) is 4.58. The second-order valence-corrected chi connectivity index (χ2v) is 6.57. The van der Waals surface area contributed by atoms with Crippen LogP contribution in [0.25, 0.3) is 10.9 Å². The number of fused-ring (bicyclic) bond motifs is 1. The lowest BCUT2D eigenvalue weighted by Crippen LogP contribution is -2.42. The number of carbonyl (C=O) groups is 1. The molecule has 0 atom stereocenters. The summed E-state index contributed by atoms with van der Waals surface area (Å²) in [4.78, 5) is 21.7. The fourth-order valence-corrected chi connectivity index (χ4v) is 3.26. The fourth-order valence-electron chi connectivity index (χ4n) is 3.26. The summed E-state index contributed by atoms with van der Waals surface area (Å²) < 4.78 is 38.6. The van der Waals surface area contributed by atoms with Gasteiger partial charge in [-0.2, -0.15) is 13.2 Å². The van der Waals surface area contributed by atoms with Gasteiger partial charge >= 0.3 is 12.2 Å². The number of alkyl halides is 3. The first-order valence-corrected chi connectivity index (χ1v) is 8.98. The molecule has 27 heavy (non-hydrogen) atoms. The number of pyridine rings is 2. The fraction of sp³-hybridized carbons (Fsp3) is 0.500. The second-order valence-electron chi connectivity index (χ2n) is 6.57. The predicted octanol–water partition coefficient (Wildman–Crippen LogP) is 3.18. The Bertz CT molecular complexity index is 803. The summed E-state index contributed by atoms with van der Waals surface area (Å²) in [6, 6.07) is 3.77. The molecule has 0 aliphatic carbocycles. The van der Waals surface area contributed by atoms with E-state index in [2.05, 4.69) is 25.5 Å². The van der Waals surface area contributed by atoms with Crippen LogP contribution in [-0.4, -0.2) is 42.2 Å². The molecule has 0 saturated carbocycles. The molecule has 3 heterocycles. The molecule has 0 aromatic carbocycles. The average molecular weight is 381 g/mol. The highest BCUT2D eigenvalue weighted by Crippen LogP contribution is 2.32. The van der Waals surface area contributed by atoms with Gasteiger partial charge in [-0.25, -0.2) is 14.8 Å². The van der Waals surface area contributed by atoms with Gasteiger partial charge < -0.3 is 15.5 Å². The second kappa shape index (κ2) is 7.98. The van der Waals surface area contributed by atoms with Crippen LogP contribution in [-0.2, 0) is 6.18 Å². The zero-order valence-corrected chi connectivity index (χ0v) is 15.0. The largest absolute Gasteiger partial charge is 0.433 e. The molecular weight excluding hydrogens is 359 g/mol. The number of rotatable bonds is 4. The van der Waals surface area contributed by atoms with Crippen LogP contribution in [0.15, 0.2) is 24.4 Å². The van der Waals surface area contributed by atoms with Crippen LogP contribution in [0.2, 0.25) is 0 Å². The summed E-state index contributed by atoms with van der Waals surface area (Å²) in [6.45, 7) is 4.52. The molecule has 1 fully saturated rings. The summed E-state index contributed by atoms with van der Waals surface area (Å²) in [5, 5.41) is 6.17. The number of carbonyl (C=O) groups excluding carboxylic acids is 1. The third-order valence-corrected chi connectivity index (χ3v) is 4.69. The van der Waals surface area contributed by atoms with Crippen LogP contribution in [0.5, 0.6) is 0 Å². The maximum absolute atomic E-state index is 12.9. The Labute approximate surface area is 155 Å². The van der Waals surface area contributed by atoms with E-state index in [0.29, 0.717) is 30.2 Å². The van der Waals surface area contributed by atoms with Crippen molar-refractivity contribution in [1.29, 1.82) is 0 Å². The Balaban J connectivity index is 1.67. The molecule has 1 aliphatic heterocycles. The highest BCUT2D eigenvalue weighted by molar-refractivity contribution is 5.89. The van der Waals surface area contributed by atoms with Gasteiger partial charge in [0, 0.05) is 37.8 Å². The number of nitrogens with zero attached hydrogens (tertiary/aromatic N) is 3. The Morgan fingerprint density at radius 2 is 1.96 bits per heavy atom. The zero-order valence-electron chi connectivity index (χ0n) is 15.0. The maximum atomic E-state index is 12.9. The van der Waals surface area contributed by atoms with E-state index in [1.165, 1.54) is 18.3 Å².